The van der Waals surface area contributed by atoms with Crippen molar-refractivity contribution in [3.8, 4) is 0 Å². The molecule has 0 unspecified atom stereocenters. The highest BCUT2D eigenvalue weighted by Crippen LogP contribution is 2.43. The van der Waals surface area contributed by atoms with Crippen LogP contribution >= 0.6 is 11.6 Å². The zero-order valence-corrected chi connectivity index (χ0v) is 13.0. The Hall–Kier alpha value is -1.11. The molecule has 0 aliphatic heterocycles. The zero-order chi connectivity index (χ0) is 14.6. The first-order valence-electron chi connectivity index (χ1n) is 7.55. The van der Waals surface area contributed by atoms with Crippen LogP contribution in [0, 0.1) is 0 Å². The van der Waals surface area contributed by atoms with Crippen molar-refractivity contribution < 1.29 is 4.79 Å². The Labute approximate surface area is 126 Å². The molecular weight excluding hydrogens is 270 g/mol. The van der Waals surface area contributed by atoms with Gasteiger partial charge in [-0.1, -0.05) is 50.4 Å². The lowest BCUT2D eigenvalue weighted by Gasteiger charge is -2.24. The van der Waals surface area contributed by atoms with Crippen molar-refractivity contribution in [1.29, 1.82) is 0 Å². The predicted octanol–water partition coefficient (Wildman–Crippen LogP) is 5.35. The van der Waals surface area contributed by atoms with Crippen LogP contribution in [0.4, 0.5) is 0 Å². The molecule has 108 valence electrons. The van der Waals surface area contributed by atoms with E-state index in [2.05, 4.69) is 31.0 Å². The first kappa shape index (κ1) is 15.3. The highest BCUT2D eigenvalue weighted by atomic mass is 35.5. The van der Waals surface area contributed by atoms with E-state index in [9.17, 15) is 4.79 Å². The van der Waals surface area contributed by atoms with E-state index in [-0.39, 0.29) is 5.54 Å². The average molecular weight is 292 g/mol. The highest BCUT2D eigenvalue weighted by Gasteiger charge is 2.36. The maximum absolute atomic E-state index is 10.8. The smallest absolute Gasteiger partial charge is 0.211 e. The molecule has 0 heterocycles. The van der Waals surface area contributed by atoms with Crippen LogP contribution in [-0.4, -0.2) is 6.08 Å². The highest BCUT2D eigenvalue weighted by molar-refractivity contribution is 6.31. The summed E-state index contributed by atoms with van der Waals surface area (Å²) in [5.41, 5.74) is 1.90. The minimum atomic E-state index is -0.377. The van der Waals surface area contributed by atoms with Gasteiger partial charge in [0.05, 0.1) is 5.54 Å². The maximum Gasteiger partial charge on any atom is 0.235 e. The lowest BCUT2D eigenvalue weighted by molar-refractivity contribution is 0.455. The monoisotopic (exact) mass is 291 g/mol. The van der Waals surface area contributed by atoms with Gasteiger partial charge in [0.2, 0.25) is 6.08 Å². The Morgan fingerprint density at radius 3 is 2.45 bits per heavy atom. The zero-order valence-electron chi connectivity index (χ0n) is 12.3. The molecule has 3 heteroatoms. The second-order valence-electron chi connectivity index (χ2n) is 5.69. The number of isocyanates is 1. The molecule has 0 aromatic heterocycles. The van der Waals surface area contributed by atoms with Crippen LogP contribution < -0.4 is 0 Å². The summed E-state index contributed by atoms with van der Waals surface area (Å²) in [5, 5.41) is 0.809. The maximum atomic E-state index is 10.8. The Morgan fingerprint density at radius 1 is 1.30 bits per heavy atom. The van der Waals surface area contributed by atoms with Crippen LogP contribution in [0.1, 0.15) is 69.4 Å². The molecule has 0 N–H and O–H groups in total. The minimum Gasteiger partial charge on any atom is -0.211 e. The number of hydrogen-bond acceptors (Lipinski definition) is 2. The quantitative estimate of drug-likeness (QED) is 0.531. The Balaban J connectivity index is 2.39. The molecular formula is C17H22ClNO. The Morgan fingerprint density at radius 2 is 1.95 bits per heavy atom. The van der Waals surface area contributed by atoms with Crippen molar-refractivity contribution >= 4 is 17.7 Å². The second-order valence-corrected chi connectivity index (χ2v) is 6.10. The number of nitrogens with zero attached hydrogens (tertiary/aromatic N) is 1. The molecule has 0 saturated heterocycles. The van der Waals surface area contributed by atoms with E-state index in [0.29, 0.717) is 5.92 Å². The fraction of sp³-hybridized carbons (Fsp3) is 0.588. The SMILES string of the molecule is CCC(CC)c1ccc(C2(N=C=O)CCCC2)cc1Cl. The lowest BCUT2D eigenvalue weighted by Crippen LogP contribution is -2.19. The van der Waals surface area contributed by atoms with Crippen molar-refractivity contribution in [3.63, 3.8) is 0 Å². The van der Waals surface area contributed by atoms with E-state index in [1.54, 1.807) is 6.08 Å². The van der Waals surface area contributed by atoms with Crippen molar-refractivity contribution in [2.24, 2.45) is 4.99 Å². The number of carbonyl (C=O) groups excluding carboxylic acids is 1. The normalized spacial score (nSPS) is 17.2. The van der Waals surface area contributed by atoms with Crippen LogP contribution in [0.15, 0.2) is 23.2 Å². The van der Waals surface area contributed by atoms with Gasteiger partial charge in [0.1, 0.15) is 0 Å². The van der Waals surface area contributed by atoms with Crippen LogP contribution in [0.2, 0.25) is 5.02 Å². The fourth-order valence-corrected chi connectivity index (χ4v) is 3.72. The first-order chi connectivity index (χ1) is 9.66. The summed E-state index contributed by atoms with van der Waals surface area (Å²) in [6.07, 6.45) is 8.00. The van der Waals surface area contributed by atoms with Gasteiger partial charge in [-0.3, -0.25) is 0 Å². The van der Waals surface area contributed by atoms with Gasteiger partial charge in [-0.05, 0) is 48.8 Å². The van der Waals surface area contributed by atoms with Crippen LogP contribution in [0.3, 0.4) is 0 Å². The van der Waals surface area contributed by atoms with Gasteiger partial charge in [-0.25, -0.2) is 4.79 Å². The summed E-state index contributed by atoms with van der Waals surface area (Å²) in [7, 11) is 0. The molecule has 1 aliphatic rings. The molecule has 0 amide bonds. The largest absolute Gasteiger partial charge is 0.235 e. The Bertz CT molecular complexity index is 510. The summed E-state index contributed by atoms with van der Waals surface area (Å²) in [4.78, 5) is 14.9. The van der Waals surface area contributed by atoms with E-state index in [1.165, 1.54) is 5.56 Å². The molecule has 1 aliphatic carbocycles. The molecule has 0 bridgehead atoms. The van der Waals surface area contributed by atoms with Crippen LogP contribution in [0.25, 0.3) is 0 Å². The molecule has 20 heavy (non-hydrogen) atoms. The third-order valence-corrected chi connectivity index (χ3v) is 4.98. The second kappa shape index (κ2) is 6.56. The van der Waals surface area contributed by atoms with Crippen molar-refractivity contribution in [1.82, 2.24) is 0 Å². The summed E-state index contributed by atoms with van der Waals surface area (Å²) in [5.74, 6) is 0.505. The van der Waals surface area contributed by atoms with E-state index in [1.807, 2.05) is 6.07 Å². The number of halogens is 1. The van der Waals surface area contributed by atoms with Crippen LogP contribution in [0.5, 0.6) is 0 Å². The van der Waals surface area contributed by atoms with E-state index in [4.69, 9.17) is 11.6 Å². The summed E-state index contributed by atoms with van der Waals surface area (Å²) in [6.45, 7) is 4.38. The topological polar surface area (TPSA) is 29.4 Å². The van der Waals surface area contributed by atoms with Crippen molar-refractivity contribution in [2.45, 2.75) is 63.8 Å². The molecule has 0 atom stereocenters. The van der Waals surface area contributed by atoms with Gasteiger partial charge in [0, 0.05) is 5.02 Å². The Kier molecular flexibility index (Phi) is 5.01. The van der Waals surface area contributed by atoms with Gasteiger partial charge < -0.3 is 0 Å². The van der Waals surface area contributed by atoms with Crippen molar-refractivity contribution in [2.75, 3.05) is 0 Å². The molecule has 1 fully saturated rings. The fourth-order valence-electron chi connectivity index (χ4n) is 3.39. The summed E-state index contributed by atoms with van der Waals surface area (Å²) >= 11 is 6.48. The van der Waals surface area contributed by atoms with Crippen molar-refractivity contribution in [3.05, 3.63) is 34.3 Å². The number of benzene rings is 1. The van der Waals surface area contributed by atoms with Gasteiger partial charge in [0.15, 0.2) is 0 Å². The standard InChI is InChI=1S/C17H22ClNO/c1-3-13(4-2)15-8-7-14(11-16(15)18)17(19-12-20)9-5-6-10-17/h7-8,11,13H,3-6,9-10H2,1-2H3. The summed E-state index contributed by atoms with van der Waals surface area (Å²) in [6, 6.07) is 6.24. The molecule has 1 aromatic rings. The van der Waals surface area contributed by atoms with Gasteiger partial charge in [0.25, 0.3) is 0 Å². The predicted molar refractivity (Wildman–Crippen MR) is 83.0 cm³/mol. The van der Waals surface area contributed by atoms with E-state index in [0.717, 1.165) is 49.1 Å². The molecule has 0 spiro atoms. The van der Waals surface area contributed by atoms with E-state index < -0.39 is 0 Å². The van der Waals surface area contributed by atoms with Gasteiger partial charge in [-0.15, -0.1) is 0 Å². The first-order valence-corrected chi connectivity index (χ1v) is 7.93. The third kappa shape index (κ3) is 2.82. The molecule has 2 nitrogen and oxygen atoms in total. The molecule has 0 radical (unpaired) electrons. The van der Waals surface area contributed by atoms with Crippen LogP contribution in [-0.2, 0) is 10.3 Å². The van der Waals surface area contributed by atoms with Gasteiger partial charge >= 0.3 is 0 Å². The third-order valence-electron chi connectivity index (χ3n) is 4.65. The number of aliphatic imine (C=N–C) groups is 1. The van der Waals surface area contributed by atoms with E-state index >= 15 is 0 Å². The minimum absolute atomic E-state index is 0.377. The van der Waals surface area contributed by atoms with Gasteiger partial charge in [-0.2, -0.15) is 4.99 Å². The molecule has 1 saturated carbocycles. The number of rotatable bonds is 5. The number of hydrogen-bond donors (Lipinski definition) is 0. The summed E-state index contributed by atoms with van der Waals surface area (Å²) < 4.78 is 0. The molecule has 2 rings (SSSR count). The molecule has 1 aromatic carbocycles. The average Bonchev–Trinajstić information content (AvgIpc) is 2.92. The lowest BCUT2D eigenvalue weighted by atomic mass is 9.86.